The van der Waals surface area contributed by atoms with Gasteiger partial charge in [0.05, 0.1) is 22.5 Å². The van der Waals surface area contributed by atoms with Gasteiger partial charge in [-0.3, -0.25) is 14.6 Å². The number of ether oxygens (including phenoxy) is 1. The minimum absolute atomic E-state index is 0.159. The number of esters is 1. The SMILES string of the molecule is CC1CC(=O)Nc2ccccc2N1C(=O)COC(=O)c1cc(C2CC2)nc2ccccc12. The largest absolute Gasteiger partial charge is 0.452 e. The van der Waals surface area contributed by atoms with Crippen LogP contribution in [0.1, 0.15) is 48.2 Å². The molecule has 7 heteroatoms. The Labute approximate surface area is 185 Å². The van der Waals surface area contributed by atoms with E-state index in [0.717, 1.165) is 24.1 Å². The average molecular weight is 429 g/mol. The molecule has 5 rings (SSSR count). The Hall–Kier alpha value is -3.74. The van der Waals surface area contributed by atoms with Gasteiger partial charge in [-0.1, -0.05) is 30.3 Å². The zero-order valence-electron chi connectivity index (χ0n) is 17.7. The fraction of sp³-hybridized carbons (Fsp3) is 0.280. The first-order valence-electron chi connectivity index (χ1n) is 10.8. The van der Waals surface area contributed by atoms with Gasteiger partial charge in [0, 0.05) is 29.5 Å². The number of rotatable bonds is 4. The van der Waals surface area contributed by atoms with Crippen molar-refractivity contribution in [2.75, 3.05) is 16.8 Å². The third-order valence-electron chi connectivity index (χ3n) is 5.91. The summed E-state index contributed by atoms with van der Waals surface area (Å²) in [7, 11) is 0. The van der Waals surface area contributed by atoms with E-state index in [4.69, 9.17) is 4.74 Å². The minimum Gasteiger partial charge on any atom is -0.452 e. The molecule has 2 aliphatic rings. The lowest BCUT2D eigenvalue weighted by Crippen LogP contribution is -2.41. The maximum Gasteiger partial charge on any atom is 0.339 e. The van der Waals surface area contributed by atoms with Gasteiger partial charge in [-0.2, -0.15) is 0 Å². The van der Waals surface area contributed by atoms with E-state index in [9.17, 15) is 14.4 Å². The number of carbonyl (C=O) groups is 3. The molecular formula is C25H23N3O4. The van der Waals surface area contributed by atoms with Gasteiger partial charge in [-0.25, -0.2) is 4.79 Å². The van der Waals surface area contributed by atoms with E-state index < -0.39 is 12.6 Å². The fourth-order valence-electron chi connectivity index (χ4n) is 4.20. The van der Waals surface area contributed by atoms with E-state index in [0.29, 0.717) is 28.2 Å². The van der Waals surface area contributed by atoms with Gasteiger partial charge in [0.25, 0.3) is 5.91 Å². The molecule has 0 bridgehead atoms. The summed E-state index contributed by atoms with van der Waals surface area (Å²) in [5.74, 6) is -0.709. The van der Waals surface area contributed by atoms with Crippen molar-refractivity contribution in [3.05, 3.63) is 65.9 Å². The molecule has 2 aromatic carbocycles. The van der Waals surface area contributed by atoms with E-state index in [1.165, 1.54) is 4.90 Å². The molecule has 1 unspecified atom stereocenters. The highest BCUT2D eigenvalue weighted by atomic mass is 16.5. The molecule has 1 saturated carbocycles. The van der Waals surface area contributed by atoms with E-state index in [-0.39, 0.29) is 24.3 Å². The zero-order valence-corrected chi connectivity index (χ0v) is 17.7. The van der Waals surface area contributed by atoms with Crippen LogP contribution in [-0.4, -0.2) is 35.4 Å². The Kier molecular flexibility index (Phi) is 5.09. The van der Waals surface area contributed by atoms with E-state index in [2.05, 4.69) is 10.3 Å². The Morgan fingerprint density at radius 2 is 1.88 bits per heavy atom. The Balaban J connectivity index is 1.39. The number of benzene rings is 2. The number of anilines is 2. The molecule has 0 saturated heterocycles. The molecule has 1 N–H and O–H groups in total. The number of carbonyl (C=O) groups excluding carboxylic acids is 3. The second-order valence-corrected chi connectivity index (χ2v) is 8.34. The molecule has 0 spiro atoms. The molecule has 1 aromatic heterocycles. The second-order valence-electron chi connectivity index (χ2n) is 8.34. The third kappa shape index (κ3) is 3.82. The van der Waals surface area contributed by atoms with Crippen LogP contribution in [0.5, 0.6) is 0 Å². The number of nitrogens with zero attached hydrogens (tertiary/aromatic N) is 2. The second kappa shape index (κ2) is 8.07. The van der Waals surface area contributed by atoms with E-state index in [1.807, 2.05) is 24.3 Å². The van der Waals surface area contributed by atoms with Crippen LogP contribution in [0.4, 0.5) is 11.4 Å². The van der Waals surface area contributed by atoms with Crippen LogP contribution in [0, 0.1) is 0 Å². The van der Waals surface area contributed by atoms with Gasteiger partial charge in [0.1, 0.15) is 0 Å². The minimum atomic E-state index is -0.552. The van der Waals surface area contributed by atoms with Gasteiger partial charge in [0.2, 0.25) is 5.91 Å². The first-order valence-corrected chi connectivity index (χ1v) is 10.8. The van der Waals surface area contributed by atoms with Gasteiger partial charge >= 0.3 is 5.97 Å². The van der Waals surface area contributed by atoms with Crippen molar-refractivity contribution in [3.63, 3.8) is 0 Å². The molecule has 7 nitrogen and oxygen atoms in total. The summed E-state index contributed by atoms with van der Waals surface area (Å²) in [6, 6.07) is 16.0. The summed E-state index contributed by atoms with van der Waals surface area (Å²) in [6.07, 6.45) is 2.29. The first-order chi connectivity index (χ1) is 15.5. The normalized spacial score (nSPS) is 18.0. The first kappa shape index (κ1) is 20.2. The highest BCUT2D eigenvalue weighted by molar-refractivity contribution is 6.07. The number of hydrogen-bond donors (Lipinski definition) is 1. The van der Waals surface area contributed by atoms with E-state index >= 15 is 0 Å². The maximum atomic E-state index is 13.1. The summed E-state index contributed by atoms with van der Waals surface area (Å²) in [5, 5.41) is 3.53. The predicted molar refractivity (Wildman–Crippen MR) is 121 cm³/mol. The molecule has 162 valence electrons. The maximum absolute atomic E-state index is 13.1. The smallest absolute Gasteiger partial charge is 0.339 e. The molecule has 1 aliphatic carbocycles. The van der Waals surface area contributed by atoms with Crippen LogP contribution >= 0.6 is 0 Å². The number of pyridine rings is 1. The number of aromatic nitrogens is 1. The van der Waals surface area contributed by atoms with Gasteiger partial charge < -0.3 is 15.0 Å². The molecule has 3 aromatic rings. The quantitative estimate of drug-likeness (QED) is 0.633. The summed E-state index contributed by atoms with van der Waals surface area (Å²) in [5.41, 5.74) is 3.22. The van der Waals surface area contributed by atoms with Crippen LogP contribution in [0.2, 0.25) is 0 Å². The van der Waals surface area contributed by atoms with Crippen molar-refractivity contribution in [1.29, 1.82) is 0 Å². The predicted octanol–water partition coefficient (Wildman–Crippen LogP) is 4.03. The number of fused-ring (bicyclic) bond motifs is 2. The standard InChI is InChI=1S/C25H23N3O4/c1-15-12-23(29)27-20-8-4-5-9-22(20)28(15)24(30)14-32-25(31)18-13-21(16-10-11-16)26-19-7-3-2-6-17(18)19/h2-9,13,15-16H,10-12,14H2,1H3,(H,27,29). The van der Waals surface area contributed by atoms with Gasteiger partial charge in [-0.05, 0) is 44.0 Å². The summed E-state index contributed by atoms with van der Waals surface area (Å²) in [4.78, 5) is 44.5. The van der Waals surface area contributed by atoms with Crippen molar-refractivity contribution in [3.8, 4) is 0 Å². The summed E-state index contributed by atoms with van der Waals surface area (Å²) < 4.78 is 5.47. The molecule has 2 amide bonds. The average Bonchev–Trinajstić information content (AvgIpc) is 3.63. The summed E-state index contributed by atoms with van der Waals surface area (Å²) >= 11 is 0. The number of hydrogen-bond acceptors (Lipinski definition) is 5. The highest BCUT2D eigenvalue weighted by Crippen LogP contribution is 2.40. The molecule has 2 heterocycles. The number of amides is 2. The topological polar surface area (TPSA) is 88.6 Å². The van der Waals surface area contributed by atoms with Crippen LogP contribution in [0.15, 0.2) is 54.6 Å². The molecule has 1 atom stereocenters. The van der Waals surface area contributed by atoms with Crippen LogP contribution < -0.4 is 10.2 Å². The van der Waals surface area contributed by atoms with Crippen LogP contribution in [0.25, 0.3) is 10.9 Å². The van der Waals surface area contributed by atoms with Crippen LogP contribution in [-0.2, 0) is 14.3 Å². The lowest BCUT2D eigenvalue weighted by Gasteiger charge is -2.27. The van der Waals surface area contributed by atoms with E-state index in [1.54, 1.807) is 37.3 Å². The van der Waals surface area contributed by atoms with Gasteiger partial charge in [0.15, 0.2) is 6.61 Å². The monoisotopic (exact) mass is 429 g/mol. The lowest BCUT2D eigenvalue weighted by molar-refractivity contribution is -0.122. The Morgan fingerprint density at radius 3 is 2.69 bits per heavy atom. The summed E-state index contributed by atoms with van der Waals surface area (Å²) in [6.45, 7) is 1.39. The van der Waals surface area contributed by atoms with Crippen LogP contribution in [0.3, 0.4) is 0 Å². The number of para-hydroxylation sites is 3. The molecular weight excluding hydrogens is 406 g/mol. The Morgan fingerprint density at radius 1 is 1.12 bits per heavy atom. The molecule has 0 radical (unpaired) electrons. The Bertz CT molecular complexity index is 1230. The van der Waals surface area contributed by atoms with Crippen molar-refractivity contribution >= 4 is 40.1 Å². The van der Waals surface area contributed by atoms with Crippen molar-refractivity contribution < 1.29 is 19.1 Å². The molecule has 1 aliphatic heterocycles. The zero-order chi connectivity index (χ0) is 22.2. The fourth-order valence-corrected chi connectivity index (χ4v) is 4.20. The third-order valence-corrected chi connectivity index (χ3v) is 5.91. The number of nitrogens with one attached hydrogen (secondary N) is 1. The molecule has 1 fully saturated rings. The molecule has 32 heavy (non-hydrogen) atoms. The van der Waals surface area contributed by atoms with Crippen molar-refractivity contribution in [2.45, 2.75) is 38.1 Å². The highest BCUT2D eigenvalue weighted by Gasteiger charge is 2.31. The van der Waals surface area contributed by atoms with Crippen molar-refractivity contribution in [1.82, 2.24) is 4.98 Å². The van der Waals surface area contributed by atoms with Crippen molar-refractivity contribution in [2.24, 2.45) is 0 Å². The lowest BCUT2D eigenvalue weighted by atomic mass is 10.1. The van der Waals surface area contributed by atoms with Gasteiger partial charge in [-0.15, -0.1) is 0 Å².